The molecule has 9 heteroatoms. The summed E-state index contributed by atoms with van der Waals surface area (Å²) >= 11 is 7.70. The Morgan fingerprint density at radius 3 is 2.28 bits per heavy atom. The summed E-state index contributed by atoms with van der Waals surface area (Å²) in [4.78, 5) is 45.7. The molecule has 0 bridgehead atoms. The summed E-state index contributed by atoms with van der Waals surface area (Å²) in [5, 5.41) is 1.16. The fraction of sp³-hybridized carbons (Fsp3) is 0.261. The molecule has 3 rings (SSSR count). The van der Waals surface area contributed by atoms with Gasteiger partial charge in [0.05, 0.1) is 10.4 Å². The van der Waals surface area contributed by atoms with E-state index in [0.717, 1.165) is 21.6 Å². The number of nitrogens with two attached hydrogens (primary N) is 1. The van der Waals surface area contributed by atoms with E-state index in [1.807, 2.05) is 19.1 Å². The maximum atomic E-state index is 12.8. The number of rotatable bonds is 5. The highest BCUT2D eigenvalue weighted by Gasteiger charge is 2.28. The molecule has 0 saturated carbocycles. The summed E-state index contributed by atoms with van der Waals surface area (Å²) in [6.07, 6.45) is 0. The topological polar surface area (TPSA) is 105 Å². The van der Waals surface area contributed by atoms with Crippen LogP contribution in [0.5, 0.6) is 5.75 Å². The van der Waals surface area contributed by atoms with Crippen molar-refractivity contribution in [3.63, 3.8) is 0 Å². The molecule has 0 fully saturated rings. The van der Waals surface area contributed by atoms with Crippen LogP contribution in [-0.2, 0) is 21.2 Å². The minimum atomic E-state index is -0.829. The monoisotopic (exact) mass is 475 g/mol. The average Bonchev–Trinajstić information content (AvgIpc) is 3.11. The fourth-order valence-corrected chi connectivity index (χ4v) is 4.15. The minimum Gasteiger partial charge on any atom is -0.489 e. The summed E-state index contributed by atoms with van der Waals surface area (Å²) in [6.45, 7) is 6.79. The van der Waals surface area contributed by atoms with Gasteiger partial charge >= 0.3 is 11.9 Å². The number of hydrogen-bond donors (Lipinski definition) is 1. The van der Waals surface area contributed by atoms with Crippen molar-refractivity contribution in [3.8, 4) is 5.75 Å². The number of carbonyl (C=O) groups excluding carboxylic acids is 3. The Hall–Kier alpha value is -3.10. The largest absolute Gasteiger partial charge is 0.489 e. The number of hydrogen-bond acceptors (Lipinski definition) is 7. The van der Waals surface area contributed by atoms with Gasteiger partial charge in [-0.3, -0.25) is 4.79 Å². The van der Waals surface area contributed by atoms with Crippen LogP contribution < -0.4 is 10.5 Å². The zero-order valence-corrected chi connectivity index (χ0v) is 19.6. The van der Waals surface area contributed by atoms with Crippen LogP contribution in [0.15, 0.2) is 36.4 Å². The first kappa shape index (κ1) is 23.6. The second kappa shape index (κ2) is 9.18. The first-order valence-electron chi connectivity index (χ1n) is 9.65. The Balaban J connectivity index is 1.92. The summed E-state index contributed by atoms with van der Waals surface area (Å²) in [6, 6.07) is 9.99. The molecule has 0 aliphatic carbocycles. The highest BCUT2D eigenvalue weighted by molar-refractivity contribution is 7.21. The first-order valence-corrected chi connectivity index (χ1v) is 10.8. The van der Waals surface area contributed by atoms with E-state index in [0.29, 0.717) is 27.3 Å². The van der Waals surface area contributed by atoms with Crippen molar-refractivity contribution in [2.75, 3.05) is 0 Å². The lowest BCUT2D eigenvalue weighted by molar-refractivity contribution is -0.242. The maximum Gasteiger partial charge on any atom is 0.396 e. The van der Waals surface area contributed by atoms with Crippen molar-refractivity contribution in [2.24, 2.45) is 11.1 Å². The van der Waals surface area contributed by atoms with Gasteiger partial charge in [-0.1, -0.05) is 17.7 Å². The molecule has 2 N–H and O–H groups in total. The van der Waals surface area contributed by atoms with E-state index in [1.54, 1.807) is 45.0 Å². The van der Waals surface area contributed by atoms with Crippen LogP contribution >= 0.6 is 22.9 Å². The van der Waals surface area contributed by atoms with Crippen molar-refractivity contribution in [1.29, 1.82) is 0 Å². The van der Waals surface area contributed by atoms with E-state index in [9.17, 15) is 14.4 Å². The number of carbonyl (C=O) groups is 3. The molecule has 7 nitrogen and oxygen atoms in total. The quantitative estimate of drug-likeness (QED) is 0.401. The van der Waals surface area contributed by atoms with Crippen LogP contribution in [0.2, 0.25) is 5.02 Å². The van der Waals surface area contributed by atoms with Gasteiger partial charge in [0.25, 0.3) is 0 Å². The Bertz CT molecular complexity index is 1190. The molecular weight excluding hydrogens is 454 g/mol. The van der Waals surface area contributed by atoms with Gasteiger partial charge in [-0.15, -0.1) is 11.3 Å². The van der Waals surface area contributed by atoms with Crippen molar-refractivity contribution >= 4 is 50.9 Å². The Morgan fingerprint density at radius 2 is 1.69 bits per heavy atom. The van der Waals surface area contributed by atoms with E-state index in [4.69, 9.17) is 31.8 Å². The molecule has 0 aliphatic rings. The van der Waals surface area contributed by atoms with Crippen molar-refractivity contribution in [1.82, 2.24) is 0 Å². The number of aryl methyl sites for hydroxylation is 1. The van der Waals surface area contributed by atoms with Gasteiger partial charge in [-0.05, 0) is 63.6 Å². The molecule has 1 aromatic heterocycles. The maximum absolute atomic E-state index is 12.8. The molecule has 2 aromatic carbocycles. The molecule has 1 amide bonds. The molecule has 32 heavy (non-hydrogen) atoms. The SMILES string of the molecule is Cc1ccc2sc(C(=O)OOC(=O)C(C)(C)C)c(COc3ccc(C(N)=O)cc3)c2c1Cl. The van der Waals surface area contributed by atoms with E-state index in [1.165, 1.54) is 0 Å². The van der Waals surface area contributed by atoms with Crippen LogP contribution in [0.25, 0.3) is 10.1 Å². The number of primary amides is 1. The Morgan fingerprint density at radius 1 is 1.03 bits per heavy atom. The van der Waals surface area contributed by atoms with Crippen LogP contribution in [0.1, 0.15) is 51.9 Å². The Kier molecular flexibility index (Phi) is 6.76. The minimum absolute atomic E-state index is 0.00323. The lowest BCUT2D eigenvalue weighted by Crippen LogP contribution is -2.24. The predicted octanol–water partition coefficient (Wildman–Crippen LogP) is 5.20. The van der Waals surface area contributed by atoms with Gasteiger partial charge in [0.1, 0.15) is 17.2 Å². The second-order valence-corrected chi connectivity index (χ2v) is 9.58. The third kappa shape index (κ3) is 5.03. The average molecular weight is 476 g/mol. The van der Waals surface area contributed by atoms with Crippen LogP contribution in [0, 0.1) is 12.3 Å². The van der Waals surface area contributed by atoms with E-state index in [-0.39, 0.29) is 11.5 Å². The van der Waals surface area contributed by atoms with Gasteiger partial charge in [-0.2, -0.15) is 0 Å². The highest BCUT2D eigenvalue weighted by Crippen LogP contribution is 2.39. The van der Waals surface area contributed by atoms with Crippen molar-refractivity contribution in [3.05, 3.63) is 63.0 Å². The number of thiophene rings is 1. The van der Waals surface area contributed by atoms with Gasteiger partial charge in [-0.25, -0.2) is 19.4 Å². The smallest absolute Gasteiger partial charge is 0.396 e. The van der Waals surface area contributed by atoms with E-state index in [2.05, 4.69) is 0 Å². The summed E-state index contributed by atoms with van der Waals surface area (Å²) in [5.74, 6) is -1.57. The lowest BCUT2D eigenvalue weighted by Gasteiger charge is -2.14. The molecule has 0 aliphatic heterocycles. The lowest BCUT2D eigenvalue weighted by atomic mass is 9.98. The molecule has 3 aromatic rings. The Labute approximate surface area is 193 Å². The third-order valence-corrected chi connectivity index (χ3v) is 6.26. The summed E-state index contributed by atoms with van der Waals surface area (Å²) in [7, 11) is 0. The second-order valence-electron chi connectivity index (χ2n) is 8.15. The number of fused-ring (bicyclic) bond motifs is 1. The normalized spacial score (nSPS) is 11.3. The molecule has 1 heterocycles. The number of benzene rings is 2. The van der Waals surface area contributed by atoms with Crippen molar-refractivity contribution < 1.29 is 28.9 Å². The molecule has 0 radical (unpaired) electrons. The molecule has 0 atom stereocenters. The number of ether oxygens (including phenoxy) is 1. The van der Waals surface area contributed by atoms with Gasteiger partial charge in [0.15, 0.2) is 0 Å². The molecule has 0 saturated heterocycles. The predicted molar refractivity (Wildman–Crippen MR) is 122 cm³/mol. The standard InChI is InChI=1S/C23H22ClNO6S/c1-12-5-10-16-17(18(12)24)15(11-29-14-8-6-13(7-9-14)20(25)26)19(32-16)21(27)30-31-22(28)23(2,3)4/h5-10H,11H2,1-4H3,(H2,25,26). The number of halogens is 1. The first-order chi connectivity index (χ1) is 15.0. The van der Waals surface area contributed by atoms with Gasteiger partial charge in [0.2, 0.25) is 5.91 Å². The summed E-state index contributed by atoms with van der Waals surface area (Å²) in [5.41, 5.74) is 6.12. The molecule has 0 unspecified atom stereocenters. The van der Waals surface area contributed by atoms with E-state index >= 15 is 0 Å². The van der Waals surface area contributed by atoms with Crippen LogP contribution in [0.3, 0.4) is 0 Å². The summed E-state index contributed by atoms with van der Waals surface area (Å²) < 4.78 is 6.60. The van der Waals surface area contributed by atoms with Crippen molar-refractivity contribution in [2.45, 2.75) is 34.3 Å². The molecule has 0 spiro atoms. The highest BCUT2D eigenvalue weighted by atomic mass is 35.5. The third-order valence-electron chi connectivity index (χ3n) is 4.60. The fourth-order valence-electron chi connectivity index (χ4n) is 2.73. The molecular formula is C23H22ClNO6S. The zero-order chi connectivity index (χ0) is 23.6. The zero-order valence-electron chi connectivity index (χ0n) is 18.0. The van der Waals surface area contributed by atoms with Gasteiger partial charge < -0.3 is 10.5 Å². The number of amides is 1. The van der Waals surface area contributed by atoms with Crippen LogP contribution in [-0.4, -0.2) is 17.8 Å². The van der Waals surface area contributed by atoms with Crippen LogP contribution in [0.4, 0.5) is 0 Å². The molecule has 168 valence electrons. The van der Waals surface area contributed by atoms with Gasteiger partial charge in [0, 0.05) is 21.2 Å². The van der Waals surface area contributed by atoms with E-state index < -0.39 is 23.3 Å².